The van der Waals surface area contributed by atoms with E-state index in [9.17, 15) is 4.79 Å². The third-order valence-corrected chi connectivity index (χ3v) is 3.55. The first-order valence-electron chi connectivity index (χ1n) is 7.08. The summed E-state index contributed by atoms with van der Waals surface area (Å²) in [6, 6.07) is 12.4. The van der Waals surface area contributed by atoms with Crippen molar-refractivity contribution in [2.75, 3.05) is 6.54 Å². The summed E-state index contributed by atoms with van der Waals surface area (Å²) >= 11 is 0. The van der Waals surface area contributed by atoms with Crippen LogP contribution in [0.5, 0.6) is 0 Å². The first-order valence-corrected chi connectivity index (χ1v) is 7.08. The van der Waals surface area contributed by atoms with Crippen LogP contribution in [0.1, 0.15) is 12.5 Å². The second-order valence-corrected chi connectivity index (χ2v) is 4.96. The molecule has 0 aliphatic carbocycles. The number of fused-ring (bicyclic) bond motifs is 3. The van der Waals surface area contributed by atoms with Gasteiger partial charge in [0.05, 0.1) is 6.26 Å². The van der Waals surface area contributed by atoms with Gasteiger partial charge >= 0.3 is 0 Å². The molecule has 106 valence electrons. The summed E-state index contributed by atoms with van der Waals surface area (Å²) in [6.07, 6.45) is 5.73. The monoisotopic (exact) mass is 279 g/mol. The van der Waals surface area contributed by atoms with Gasteiger partial charge in [0, 0.05) is 11.9 Å². The number of carbonyl (C=O) groups excluding carboxylic acids is 1. The SMILES string of the molecule is CC=CC(=O)NCCc1cc2ccccc2c2ccoc12. The number of carbonyl (C=O) groups is 1. The summed E-state index contributed by atoms with van der Waals surface area (Å²) in [5.74, 6) is -0.0611. The van der Waals surface area contributed by atoms with Crippen molar-refractivity contribution in [3.63, 3.8) is 0 Å². The van der Waals surface area contributed by atoms with Gasteiger partial charge in [-0.05, 0) is 47.9 Å². The van der Waals surface area contributed by atoms with E-state index in [1.54, 1.807) is 12.3 Å². The van der Waals surface area contributed by atoms with E-state index in [-0.39, 0.29) is 5.91 Å². The lowest BCUT2D eigenvalue weighted by Crippen LogP contribution is -2.23. The molecule has 1 N–H and O–H groups in total. The molecule has 0 aliphatic rings. The molecule has 0 radical (unpaired) electrons. The lowest BCUT2D eigenvalue weighted by atomic mass is 10.0. The summed E-state index contributed by atoms with van der Waals surface area (Å²) in [5.41, 5.74) is 2.03. The Hall–Kier alpha value is -2.55. The van der Waals surface area contributed by atoms with Crippen LogP contribution in [0.4, 0.5) is 0 Å². The number of allylic oxidation sites excluding steroid dienone is 1. The van der Waals surface area contributed by atoms with Crippen LogP contribution in [0, 0.1) is 0 Å². The molecule has 2 aromatic carbocycles. The number of hydrogen-bond donors (Lipinski definition) is 1. The highest BCUT2D eigenvalue weighted by molar-refractivity contribution is 6.07. The largest absolute Gasteiger partial charge is 0.464 e. The van der Waals surface area contributed by atoms with Crippen molar-refractivity contribution >= 4 is 27.6 Å². The van der Waals surface area contributed by atoms with Crippen LogP contribution >= 0.6 is 0 Å². The molecule has 3 heteroatoms. The van der Waals surface area contributed by atoms with Gasteiger partial charge in [0.25, 0.3) is 0 Å². The van der Waals surface area contributed by atoms with Crippen LogP contribution in [-0.4, -0.2) is 12.5 Å². The molecule has 1 aromatic heterocycles. The average molecular weight is 279 g/mol. The third kappa shape index (κ3) is 2.68. The first kappa shape index (κ1) is 13.4. The van der Waals surface area contributed by atoms with Gasteiger partial charge in [0.15, 0.2) is 0 Å². The Bertz CT molecular complexity index is 814. The fourth-order valence-corrected chi connectivity index (χ4v) is 2.61. The minimum atomic E-state index is -0.0611. The van der Waals surface area contributed by atoms with Gasteiger partial charge in [-0.15, -0.1) is 0 Å². The highest BCUT2D eigenvalue weighted by Crippen LogP contribution is 2.29. The van der Waals surface area contributed by atoms with E-state index in [1.165, 1.54) is 16.8 Å². The van der Waals surface area contributed by atoms with Gasteiger partial charge in [-0.3, -0.25) is 4.79 Å². The highest BCUT2D eigenvalue weighted by Gasteiger charge is 2.09. The van der Waals surface area contributed by atoms with Gasteiger partial charge in [-0.1, -0.05) is 30.3 Å². The Morgan fingerprint density at radius 1 is 1.24 bits per heavy atom. The zero-order valence-corrected chi connectivity index (χ0v) is 11.9. The van der Waals surface area contributed by atoms with E-state index >= 15 is 0 Å². The number of rotatable bonds is 4. The van der Waals surface area contributed by atoms with Crippen LogP contribution in [0.3, 0.4) is 0 Å². The van der Waals surface area contributed by atoms with E-state index < -0.39 is 0 Å². The van der Waals surface area contributed by atoms with Gasteiger partial charge in [-0.2, -0.15) is 0 Å². The van der Waals surface area contributed by atoms with Crippen molar-refractivity contribution in [1.82, 2.24) is 5.32 Å². The van der Waals surface area contributed by atoms with E-state index in [2.05, 4.69) is 23.5 Å². The fraction of sp³-hybridized carbons (Fsp3) is 0.167. The minimum absolute atomic E-state index is 0.0611. The van der Waals surface area contributed by atoms with Crippen molar-refractivity contribution in [3.05, 3.63) is 60.4 Å². The standard InChI is InChI=1S/C18H17NO2/c1-2-5-17(20)19-10-8-14-12-13-6-3-4-7-15(13)16-9-11-21-18(14)16/h2-7,9,11-12H,8,10H2,1H3,(H,19,20). The van der Waals surface area contributed by atoms with Gasteiger partial charge in [-0.25, -0.2) is 0 Å². The second kappa shape index (κ2) is 5.83. The van der Waals surface area contributed by atoms with Crippen LogP contribution < -0.4 is 5.32 Å². The maximum atomic E-state index is 11.4. The summed E-state index contributed by atoms with van der Waals surface area (Å²) in [7, 11) is 0. The molecule has 0 spiro atoms. The van der Waals surface area contributed by atoms with Crippen LogP contribution in [0.15, 0.2) is 59.2 Å². The Labute approximate surface area is 123 Å². The van der Waals surface area contributed by atoms with E-state index in [0.717, 1.165) is 23.0 Å². The molecule has 21 heavy (non-hydrogen) atoms. The van der Waals surface area contributed by atoms with Gasteiger partial charge < -0.3 is 9.73 Å². The molecule has 0 unspecified atom stereocenters. The lowest BCUT2D eigenvalue weighted by Gasteiger charge is -2.07. The Morgan fingerprint density at radius 3 is 2.95 bits per heavy atom. The molecule has 0 fully saturated rings. The van der Waals surface area contributed by atoms with Crippen LogP contribution in [0.25, 0.3) is 21.7 Å². The van der Waals surface area contributed by atoms with Crippen molar-refractivity contribution in [1.29, 1.82) is 0 Å². The van der Waals surface area contributed by atoms with Crippen molar-refractivity contribution in [2.45, 2.75) is 13.3 Å². The van der Waals surface area contributed by atoms with E-state index in [0.29, 0.717) is 6.54 Å². The van der Waals surface area contributed by atoms with Crippen LogP contribution in [0.2, 0.25) is 0 Å². The predicted molar refractivity (Wildman–Crippen MR) is 85.2 cm³/mol. The molecule has 3 rings (SSSR count). The molecule has 1 heterocycles. The van der Waals surface area contributed by atoms with Gasteiger partial charge in [0.2, 0.25) is 5.91 Å². The zero-order chi connectivity index (χ0) is 14.7. The van der Waals surface area contributed by atoms with Crippen molar-refractivity contribution in [3.8, 4) is 0 Å². The molecule has 0 saturated heterocycles. The van der Waals surface area contributed by atoms with E-state index in [1.807, 2.05) is 25.1 Å². The minimum Gasteiger partial charge on any atom is -0.464 e. The maximum Gasteiger partial charge on any atom is 0.243 e. The average Bonchev–Trinajstić information content (AvgIpc) is 2.97. The quantitative estimate of drug-likeness (QED) is 0.738. The molecule has 0 aliphatic heterocycles. The summed E-state index contributed by atoms with van der Waals surface area (Å²) in [6.45, 7) is 2.42. The first-order chi connectivity index (χ1) is 10.3. The summed E-state index contributed by atoms with van der Waals surface area (Å²) in [4.78, 5) is 11.4. The second-order valence-electron chi connectivity index (χ2n) is 4.96. The Balaban J connectivity index is 1.90. The molecular weight excluding hydrogens is 262 g/mol. The number of furan rings is 1. The molecule has 3 nitrogen and oxygen atoms in total. The molecule has 0 bridgehead atoms. The fourth-order valence-electron chi connectivity index (χ4n) is 2.61. The molecule has 3 aromatic rings. The van der Waals surface area contributed by atoms with E-state index in [4.69, 9.17) is 4.42 Å². The number of amides is 1. The Morgan fingerprint density at radius 2 is 2.10 bits per heavy atom. The number of hydrogen-bond acceptors (Lipinski definition) is 2. The smallest absolute Gasteiger partial charge is 0.243 e. The third-order valence-electron chi connectivity index (χ3n) is 3.55. The number of benzene rings is 2. The summed E-state index contributed by atoms with van der Waals surface area (Å²) < 4.78 is 5.64. The maximum absolute atomic E-state index is 11.4. The topological polar surface area (TPSA) is 42.2 Å². The van der Waals surface area contributed by atoms with Crippen molar-refractivity contribution in [2.24, 2.45) is 0 Å². The zero-order valence-electron chi connectivity index (χ0n) is 11.9. The van der Waals surface area contributed by atoms with Crippen molar-refractivity contribution < 1.29 is 9.21 Å². The summed E-state index contributed by atoms with van der Waals surface area (Å²) in [5, 5.41) is 6.39. The highest BCUT2D eigenvalue weighted by atomic mass is 16.3. The van der Waals surface area contributed by atoms with Gasteiger partial charge in [0.1, 0.15) is 5.58 Å². The Kier molecular flexibility index (Phi) is 3.73. The number of nitrogens with one attached hydrogen (secondary N) is 1. The van der Waals surface area contributed by atoms with Crippen LogP contribution in [-0.2, 0) is 11.2 Å². The molecule has 0 atom stereocenters. The normalized spacial score (nSPS) is 11.5. The molecule has 0 saturated carbocycles. The lowest BCUT2D eigenvalue weighted by molar-refractivity contribution is -0.116. The molecular formula is C18H17NO2. The molecule has 1 amide bonds. The predicted octanol–water partition coefficient (Wildman–Crippen LogP) is 3.82.